The zero-order valence-corrected chi connectivity index (χ0v) is 17.3. The number of carbonyl (C=O) groups is 1. The minimum Gasteiger partial charge on any atom is -0.494 e. The molecule has 3 aromatic rings. The molecule has 1 saturated carbocycles. The lowest BCUT2D eigenvalue weighted by Gasteiger charge is -2.10. The average molecular weight is 398 g/mol. The summed E-state index contributed by atoms with van der Waals surface area (Å²) in [5.74, 6) is 1.05. The van der Waals surface area contributed by atoms with E-state index in [-0.39, 0.29) is 11.5 Å². The van der Waals surface area contributed by atoms with Crippen LogP contribution in [0.1, 0.15) is 46.2 Å². The number of rotatable bonds is 7. The Morgan fingerprint density at radius 2 is 2.04 bits per heavy atom. The van der Waals surface area contributed by atoms with E-state index < -0.39 is 0 Å². The highest BCUT2D eigenvalue weighted by Gasteiger charge is 2.28. The van der Waals surface area contributed by atoms with Crippen molar-refractivity contribution in [2.75, 3.05) is 12.9 Å². The topological polar surface area (TPSA) is 74.8 Å². The van der Waals surface area contributed by atoms with E-state index in [0.29, 0.717) is 16.9 Å². The Morgan fingerprint density at radius 3 is 2.75 bits per heavy atom. The number of ketones is 1. The molecular weight excluding hydrogens is 374 g/mol. The number of carbonyl (C=O) groups excluding carboxylic acids is 1. The molecule has 8 heteroatoms. The fourth-order valence-electron chi connectivity index (χ4n) is 3.55. The Bertz CT molecular complexity index is 1040. The van der Waals surface area contributed by atoms with Crippen LogP contribution >= 0.6 is 11.8 Å². The van der Waals surface area contributed by atoms with Gasteiger partial charge in [-0.25, -0.2) is 0 Å². The van der Waals surface area contributed by atoms with Gasteiger partial charge < -0.3 is 9.30 Å². The molecule has 0 atom stereocenters. The highest BCUT2D eigenvalue weighted by atomic mass is 32.2. The molecule has 0 N–H and O–H groups in total. The molecule has 0 radical (unpaired) electrons. The Kier molecular flexibility index (Phi) is 4.97. The molecule has 1 aromatic carbocycles. The minimum atomic E-state index is 0.0933. The Morgan fingerprint density at radius 1 is 1.25 bits per heavy atom. The Balaban J connectivity index is 1.54. The number of ether oxygens (including phenoxy) is 1. The summed E-state index contributed by atoms with van der Waals surface area (Å²) in [4.78, 5) is 12.9. The second-order valence-electron chi connectivity index (χ2n) is 7.15. The molecule has 7 nitrogen and oxygen atoms in total. The summed E-state index contributed by atoms with van der Waals surface area (Å²) in [5, 5.41) is 12.5. The van der Waals surface area contributed by atoms with Crippen molar-refractivity contribution in [3.8, 4) is 11.4 Å². The maximum Gasteiger partial charge on any atom is 0.214 e. The van der Waals surface area contributed by atoms with Crippen LogP contribution in [0.25, 0.3) is 5.69 Å². The fourth-order valence-corrected chi connectivity index (χ4v) is 4.31. The number of thioether (sulfide) groups is 1. The third-order valence-corrected chi connectivity index (χ3v) is 5.95. The van der Waals surface area contributed by atoms with Crippen LogP contribution in [0.5, 0.6) is 5.75 Å². The average Bonchev–Trinajstić information content (AvgIpc) is 3.31. The van der Waals surface area contributed by atoms with Crippen LogP contribution in [0, 0.1) is 20.8 Å². The standard InChI is InChI=1S/C20H23N5O2S/c1-12-5-8-19(27-4)17(9-12)25-20(21-22-23-25)28-11-18(26)16-10-13(2)24(14(16)3)15-6-7-15/h5,8-10,15H,6-7,11H2,1-4H3. The summed E-state index contributed by atoms with van der Waals surface area (Å²) in [6.07, 6.45) is 2.40. The summed E-state index contributed by atoms with van der Waals surface area (Å²) in [5.41, 5.74) is 4.84. The van der Waals surface area contributed by atoms with Gasteiger partial charge in [0.1, 0.15) is 11.4 Å². The normalized spacial score (nSPS) is 13.7. The fraction of sp³-hybridized carbons (Fsp3) is 0.400. The van der Waals surface area contributed by atoms with E-state index in [4.69, 9.17) is 4.74 Å². The first-order valence-corrected chi connectivity index (χ1v) is 10.3. The first-order valence-electron chi connectivity index (χ1n) is 9.27. The van der Waals surface area contributed by atoms with Crippen LogP contribution in [0.2, 0.25) is 0 Å². The van der Waals surface area contributed by atoms with Crippen molar-refractivity contribution in [2.45, 2.75) is 44.8 Å². The zero-order chi connectivity index (χ0) is 19.8. The molecule has 0 aliphatic heterocycles. The lowest BCUT2D eigenvalue weighted by Crippen LogP contribution is -2.07. The van der Waals surface area contributed by atoms with Gasteiger partial charge in [0, 0.05) is 23.0 Å². The quantitative estimate of drug-likeness (QED) is 0.447. The predicted octanol–water partition coefficient (Wildman–Crippen LogP) is 3.71. The summed E-state index contributed by atoms with van der Waals surface area (Å²) < 4.78 is 9.35. The molecule has 2 aromatic heterocycles. The van der Waals surface area contributed by atoms with Gasteiger partial charge in [-0.3, -0.25) is 4.79 Å². The SMILES string of the molecule is COc1ccc(C)cc1-n1nnnc1SCC(=O)c1cc(C)n(C2CC2)c1C. The van der Waals surface area contributed by atoms with Crippen molar-refractivity contribution in [1.82, 2.24) is 24.8 Å². The summed E-state index contributed by atoms with van der Waals surface area (Å²) in [6, 6.07) is 8.39. The molecule has 1 aliphatic rings. The number of Topliss-reactive ketones (excluding diaryl/α,β-unsaturated/α-hetero) is 1. The Hall–Kier alpha value is -2.61. The summed E-state index contributed by atoms with van der Waals surface area (Å²) in [6.45, 7) is 6.10. The third kappa shape index (κ3) is 3.44. The van der Waals surface area contributed by atoms with E-state index in [2.05, 4.69) is 27.0 Å². The van der Waals surface area contributed by atoms with E-state index in [0.717, 1.165) is 28.2 Å². The van der Waals surface area contributed by atoms with E-state index in [1.54, 1.807) is 11.8 Å². The number of hydrogen-bond acceptors (Lipinski definition) is 6. The van der Waals surface area contributed by atoms with Crippen molar-refractivity contribution in [3.05, 3.63) is 46.8 Å². The van der Waals surface area contributed by atoms with Gasteiger partial charge in [0.25, 0.3) is 0 Å². The number of benzene rings is 1. The highest BCUT2D eigenvalue weighted by Crippen LogP contribution is 2.38. The number of methoxy groups -OCH3 is 1. The van der Waals surface area contributed by atoms with Crippen molar-refractivity contribution in [3.63, 3.8) is 0 Å². The zero-order valence-electron chi connectivity index (χ0n) is 16.5. The van der Waals surface area contributed by atoms with Gasteiger partial charge in [-0.1, -0.05) is 17.8 Å². The number of aromatic nitrogens is 5. The minimum absolute atomic E-state index is 0.0933. The molecule has 4 rings (SSSR count). The van der Waals surface area contributed by atoms with Gasteiger partial charge in [0.2, 0.25) is 5.16 Å². The van der Waals surface area contributed by atoms with Crippen molar-refractivity contribution < 1.29 is 9.53 Å². The Labute approximate surface area is 168 Å². The lowest BCUT2D eigenvalue weighted by molar-refractivity contribution is 0.102. The number of aryl methyl sites for hydroxylation is 2. The molecule has 0 amide bonds. The monoisotopic (exact) mass is 397 g/mol. The second-order valence-corrected chi connectivity index (χ2v) is 8.09. The first kappa shape index (κ1) is 18.7. The van der Waals surface area contributed by atoms with E-state index in [1.165, 1.54) is 24.6 Å². The lowest BCUT2D eigenvalue weighted by atomic mass is 10.2. The third-order valence-electron chi connectivity index (χ3n) is 5.03. The number of nitrogens with zero attached hydrogens (tertiary/aromatic N) is 5. The molecule has 2 heterocycles. The largest absolute Gasteiger partial charge is 0.494 e. The predicted molar refractivity (Wildman–Crippen MR) is 108 cm³/mol. The summed E-state index contributed by atoms with van der Waals surface area (Å²) >= 11 is 1.34. The van der Waals surface area contributed by atoms with Crippen LogP contribution in [0.4, 0.5) is 0 Å². The van der Waals surface area contributed by atoms with Crippen LogP contribution in [0.15, 0.2) is 29.4 Å². The van der Waals surface area contributed by atoms with Crippen molar-refractivity contribution in [1.29, 1.82) is 0 Å². The van der Waals surface area contributed by atoms with Gasteiger partial charge in [0.05, 0.1) is 12.9 Å². The smallest absolute Gasteiger partial charge is 0.214 e. The van der Waals surface area contributed by atoms with Gasteiger partial charge in [-0.15, -0.1) is 5.10 Å². The molecular formula is C20H23N5O2S. The number of hydrogen-bond donors (Lipinski definition) is 0. The molecule has 1 fully saturated rings. The van der Waals surface area contributed by atoms with Crippen LogP contribution < -0.4 is 4.74 Å². The van der Waals surface area contributed by atoms with Crippen molar-refractivity contribution >= 4 is 17.5 Å². The van der Waals surface area contributed by atoms with E-state index in [1.807, 2.05) is 38.1 Å². The molecule has 0 bridgehead atoms. The number of tetrazole rings is 1. The molecule has 0 saturated heterocycles. The molecule has 146 valence electrons. The van der Waals surface area contributed by atoms with Gasteiger partial charge >= 0.3 is 0 Å². The molecule has 0 spiro atoms. The van der Waals surface area contributed by atoms with Crippen LogP contribution in [0.3, 0.4) is 0 Å². The summed E-state index contributed by atoms with van der Waals surface area (Å²) in [7, 11) is 1.62. The second kappa shape index (κ2) is 7.43. The van der Waals surface area contributed by atoms with Gasteiger partial charge in [0.15, 0.2) is 5.78 Å². The molecule has 28 heavy (non-hydrogen) atoms. The maximum atomic E-state index is 12.9. The van der Waals surface area contributed by atoms with E-state index in [9.17, 15) is 4.79 Å². The van der Waals surface area contributed by atoms with Crippen LogP contribution in [-0.2, 0) is 0 Å². The van der Waals surface area contributed by atoms with Gasteiger partial charge in [-0.05, 0) is 67.8 Å². The van der Waals surface area contributed by atoms with Crippen molar-refractivity contribution in [2.24, 2.45) is 0 Å². The first-order chi connectivity index (χ1) is 13.5. The van der Waals surface area contributed by atoms with Crippen LogP contribution in [-0.4, -0.2) is 43.4 Å². The molecule has 1 aliphatic carbocycles. The maximum absolute atomic E-state index is 12.9. The molecule has 0 unspecified atom stereocenters. The highest BCUT2D eigenvalue weighted by molar-refractivity contribution is 7.99. The van der Waals surface area contributed by atoms with E-state index >= 15 is 0 Å². The van der Waals surface area contributed by atoms with Gasteiger partial charge in [-0.2, -0.15) is 4.68 Å².